The van der Waals surface area contributed by atoms with Gasteiger partial charge in [0, 0.05) is 5.02 Å². The minimum Gasteiger partial charge on any atom is -0.395 e. The number of benzene rings is 1. The number of hydrogen-bond acceptors (Lipinski definition) is 3. The highest BCUT2D eigenvalue weighted by Gasteiger charge is 2.34. The Morgan fingerprint density at radius 3 is 2.44 bits per heavy atom. The summed E-state index contributed by atoms with van der Waals surface area (Å²) in [4.78, 5) is 0. The van der Waals surface area contributed by atoms with Crippen molar-refractivity contribution >= 4 is 27.3 Å². The number of halogens is 4. The Morgan fingerprint density at radius 1 is 1.33 bits per heavy atom. The van der Waals surface area contributed by atoms with Crippen LogP contribution < -0.4 is 4.72 Å². The van der Waals surface area contributed by atoms with Crippen molar-refractivity contribution < 1.29 is 26.7 Å². The zero-order valence-electron chi connectivity index (χ0n) is 8.83. The van der Waals surface area contributed by atoms with Gasteiger partial charge in [-0.15, -0.1) is 0 Å². The quantitative estimate of drug-likeness (QED) is 0.895. The molecule has 1 aromatic rings. The molecule has 0 aromatic heterocycles. The maximum atomic E-state index is 12.6. The van der Waals surface area contributed by atoms with Gasteiger partial charge in [0.1, 0.15) is 0 Å². The zero-order chi connectivity index (χ0) is 14.0. The SMILES string of the molecule is O=S(=O)(CCO)Nc1ccc(Cl)cc1C(F)(F)F. The van der Waals surface area contributed by atoms with Gasteiger partial charge in [-0.2, -0.15) is 13.2 Å². The standard InChI is InChI=1S/C9H9ClF3NO3S/c10-6-1-2-8(7(5-6)9(11,12)13)14-18(16,17)4-3-15/h1-2,5,14-15H,3-4H2. The van der Waals surface area contributed by atoms with Crippen LogP contribution in [-0.2, 0) is 16.2 Å². The molecular formula is C9H9ClF3NO3S. The topological polar surface area (TPSA) is 66.4 Å². The van der Waals surface area contributed by atoms with Crippen molar-refractivity contribution in [2.75, 3.05) is 17.1 Å². The lowest BCUT2D eigenvalue weighted by molar-refractivity contribution is -0.136. The summed E-state index contributed by atoms with van der Waals surface area (Å²) in [7, 11) is -4.02. The smallest absolute Gasteiger partial charge is 0.395 e. The van der Waals surface area contributed by atoms with Crippen molar-refractivity contribution in [2.24, 2.45) is 0 Å². The fourth-order valence-corrected chi connectivity index (χ4v) is 2.21. The Kier molecular flexibility index (Phi) is 4.46. The molecule has 0 spiro atoms. The van der Waals surface area contributed by atoms with E-state index in [1.54, 1.807) is 4.72 Å². The van der Waals surface area contributed by atoms with Crippen molar-refractivity contribution in [1.82, 2.24) is 0 Å². The molecule has 0 bridgehead atoms. The molecule has 0 saturated heterocycles. The fraction of sp³-hybridized carbons (Fsp3) is 0.333. The van der Waals surface area contributed by atoms with Crippen LogP contribution in [-0.4, -0.2) is 25.9 Å². The Hall–Kier alpha value is -0.990. The third-order valence-corrected chi connectivity index (χ3v) is 3.40. The molecule has 2 N–H and O–H groups in total. The first kappa shape index (κ1) is 15.1. The summed E-state index contributed by atoms with van der Waals surface area (Å²) in [5.41, 5.74) is -1.81. The lowest BCUT2D eigenvalue weighted by atomic mass is 10.2. The summed E-state index contributed by atoms with van der Waals surface area (Å²) in [6.45, 7) is -0.690. The van der Waals surface area contributed by atoms with Crippen LogP contribution in [0.4, 0.5) is 18.9 Å². The number of hydrogen-bond donors (Lipinski definition) is 2. The molecule has 0 heterocycles. The Labute approximate surface area is 106 Å². The molecule has 0 amide bonds. The molecule has 9 heteroatoms. The van der Waals surface area contributed by atoms with Gasteiger partial charge >= 0.3 is 6.18 Å². The number of alkyl halides is 3. The summed E-state index contributed by atoms with van der Waals surface area (Å²) in [5, 5.41) is 8.33. The number of anilines is 1. The number of sulfonamides is 1. The van der Waals surface area contributed by atoms with Crippen LogP contribution >= 0.6 is 11.6 Å². The summed E-state index contributed by atoms with van der Waals surface area (Å²) in [5.74, 6) is -0.688. The van der Waals surface area contributed by atoms with E-state index >= 15 is 0 Å². The van der Waals surface area contributed by atoms with Crippen LogP contribution in [0.15, 0.2) is 18.2 Å². The van der Waals surface area contributed by atoms with E-state index in [9.17, 15) is 21.6 Å². The fourth-order valence-electron chi connectivity index (χ4n) is 1.18. The van der Waals surface area contributed by atoms with Crippen LogP contribution in [0.5, 0.6) is 0 Å². The number of nitrogens with one attached hydrogen (secondary N) is 1. The van der Waals surface area contributed by atoms with Gasteiger partial charge in [-0.3, -0.25) is 4.72 Å². The molecule has 1 aromatic carbocycles. The van der Waals surface area contributed by atoms with Crippen LogP contribution in [0.2, 0.25) is 5.02 Å². The van der Waals surface area contributed by atoms with Gasteiger partial charge in [-0.05, 0) is 18.2 Å². The van der Waals surface area contributed by atoms with Crippen molar-refractivity contribution in [3.8, 4) is 0 Å². The second-order valence-corrected chi connectivity index (χ2v) is 5.61. The van der Waals surface area contributed by atoms with E-state index in [-0.39, 0.29) is 5.02 Å². The molecule has 102 valence electrons. The second kappa shape index (κ2) is 5.33. The van der Waals surface area contributed by atoms with E-state index in [1.165, 1.54) is 0 Å². The van der Waals surface area contributed by atoms with E-state index in [0.29, 0.717) is 6.07 Å². The first-order valence-corrected chi connectivity index (χ1v) is 6.67. The minimum absolute atomic E-state index is 0.160. The summed E-state index contributed by atoms with van der Waals surface area (Å²) in [6, 6.07) is 2.67. The predicted octanol–water partition coefficient (Wildman–Crippen LogP) is 2.09. The molecule has 0 saturated carbocycles. The lowest BCUT2D eigenvalue weighted by Gasteiger charge is -2.14. The van der Waals surface area contributed by atoms with Gasteiger partial charge in [0.15, 0.2) is 0 Å². The van der Waals surface area contributed by atoms with Crippen LogP contribution in [0.25, 0.3) is 0 Å². The number of aliphatic hydroxyl groups is 1. The highest BCUT2D eigenvalue weighted by atomic mass is 35.5. The van der Waals surface area contributed by atoms with Crippen molar-refractivity contribution in [2.45, 2.75) is 6.18 Å². The van der Waals surface area contributed by atoms with E-state index in [4.69, 9.17) is 16.7 Å². The lowest BCUT2D eigenvalue weighted by Crippen LogP contribution is -2.21. The molecule has 1 rings (SSSR count). The first-order chi connectivity index (χ1) is 8.15. The zero-order valence-corrected chi connectivity index (χ0v) is 10.4. The normalized spacial score (nSPS) is 12.5. The molecule has 0 fully saturated rings. The van der Waals surface area contributed by atoms with Crippen molar-refractivity contribution in [3.05, 3.63) is 28.8 Å². The third kappa shape index (κ3) is 4.04. The Morgan fingerprint density at radius 2 is 1.94 bits per heavy atom. The molecule has 0 radical (unpaired) electrons. The van der Waals surface area contributed by atoms with Crippen molar-refractivity contribution in [3.63, 3.8) is 0 Å². The molecule has 0 aliphatic rings. The number of rotatable bonds is 4. The summed E-state index contributed by atoms with van der Waals surface area (Å²) >= 11 is 5.44. The predicted molar refractivity (Wildman–Crippen MR) is 60.9 cm³/mol. The molecule has 0 aliphatic heterocycles. The van der Waals surface area contributed by atoms with E-state index in [0.717, 1.165) is 12.1 Å². The van der Waals surface area contributed by atoms with E-state index in [2.05, 4.69) is 0 Å². The number of aliphatic hydroxyl groups excluding tert-OH is 1. The van der Waals surface area contributed by atoms with E-state index in [1.807, 2.05) is 0 Å². The highest BCUT2D eigenvalue weighted by Crippen LogP contribution is 2.36. The van der Waals surface area contributed by atoms with Gasteiger partial charge in [-0.25, -0.2) is 8.42 Å². The van der Waals surface area contributed by atoms with Crippen LogP contribution in [0.1, 0.15) is 5.56 Å². The Bertz CT molecular complexity index is 530. The van der Waals surface area contributed by atoms with Crippen LogP contribution in [0.3, 0.4) is 0 Å². The van der Waals surface area contributed by atoms with Gasteiger partial charge in [0.25, 0.3) is 0 Å². The van der Waals surface area contributed by atoms with E-state index < -0.39 is 39.8 Å². The summed E-state index contributed by atoms with van der Waals surface area (Å²) < 4.78 is 62.3. The van der Waals surface area contributed by atoms with Gasteiger partial charge in [0.05, 0.1) is 23.6 Å². The molecule has 0 atom stereocenters. The molecule has 0 aliphatic carbocycles. The van der Waals surface area contributed by atoms with Gasteiger partial charge in [0.2, 0.25) is 10.0 Å². The largest absolute Gasteiger partial charge is 0.418 e. The minimum atomic E-state index is -4.73. The van der Waals surface area contributed by atoms with Crippen LogP contribution in [0, 0.1) is 0 Å². The molecular weight excluding hydrogens is 295 g/mol. The van der Waals surface area contributed by atoms with Crippen molar-refractivity contribution in [1.29, 1.82) is 0 Å². The van der Waals surface area contributed by atoms with Gasteiger partial charge in [-0.1, -0.05) is 11.6 Å². The molecule has 0 unspecified atom stereocenters. The molecule has 4 nitrogen and oxygen atoms in total. The maximum absolute atomic E-state index is 12.6. The third-order valence-electron chi connectivity index (χ3n) is 1.91. The first-order valence-electron chi connectivity index (χ1n) is 4.64. The monoisotopic (exact) mass is 303 g/mol. The Balaban J connectivity index is 3.18. The second-order valence-electron chi connectivity index (χ2n) is 3.33. The summed E-state index contributed by atoms with van der Waals surface area (Å²) in [6.07, 6.45) is -4.73. The highest BCUT2D eigenvalue weighted by molar-refractivity contribution is 7.92. The average molecular weight is 304 g/mol. The van der Waals surface area contributed by atoms with Gasteiger partial charge < -0.3 is 5.11 Å². The molecule has 18 heavy (non-hydrogen) atoms. The maximum Gasteiger partial charge on any atom is 0.418 e. The average Bonchev–Trinajstić information content (AvgIpc) is 2.18.